The third-order valence-corrected chi connectivity index (χ3v) is 4.43. The van der Waals surface area contributed by atoms with Crippen LogP contribution in [0.2, 0.25) is 0 Å². The maximum absolute atomic E-state index is 14.7. The van der Waals surface area contributed by atoms with Gasteiger partial charge < -0.3 is 4.74 Å². The Bertz CT molecular complexity index is 928. The molecule has 0 bridgehead atoms. The van der Waals surface area contributed by atoms with Crippen LogP contribution in [0.1, 0.15) is 18.9 Å². The zero-order chi connectivity index (χ0) is 20.1. The van der Waals surface area contributed by atoms with Gasteiger partial charge in [-0.2, -0.15) is 0 Å². The van der Waals surface area contributed by atoms with Gasteiger partial charge in [-0.1, -0.05) is 49.7 Å². The van der Waals surface area contributed by atoms with Gasteiger partial charge in [-0.25, -0.2) is 17.6 Å². The van der Waals surface area contributed by atoms with Crippen molar-refractivity contribution in [2.75, 3.05) is 13.3 Å². The number of rotatable bonds is 7. The zero-order valence-electron chi connectivity index (χ0n) is 15.4. The van der Waals surface area contributed by atoms with E-state index >= 15 is 0 Å². The van der Waals surface area contributed by atoms with E-state index in [2.05, 4.69) is 6.92 Å². The highest BCUT2D eigenvalue weighted by Crippen LogP contribution is 2.32. The second kappa shape index (κ2) is 8.91. The lowest BCUT2D eigenvalue weighted by Crippen LogP contribution is -2.03. The second-order valence-corrected chi connectivity index (χ2v) is 6.45. The van der Waals surface area contributed by atoms with Crippen molar-refractivity contribution in [2.24, 2.45) is 0 Å². The number of benzene rings is 3. The maximum Gasteiger partial charge on any atom is 0.190 e. The van der Waals surface area contributed by atoms with Gasteiger partial charge in [0, 0.05) is 5.56 Å². The van der Waals surface area contributed by atoms with E-state index in [4.69, 9.17) is 4.74 Å². The summed E-state index contributed by atoms with van der Waals surface area (Å²) in [5.41, 5.74) is 2.86. The van der Waals surface area contributed by atoms with Crippen molar-refractivity contribution in [3.63, 3.8) is 0 Å². The van der Waals surface area contributed by atoms with Gasteiger partial charge >= 0.3 is 0 Å². The van der Waals surface area contributed by atoms with Gasteiger partial charge in [-0.3, -0.25) is 0 Å². The number of aryl methyl sites for hydroxylation is 1. The average Bonchev–Trinajstić information content (AvgIpc) is 2.68. The van der Waals surface area contributed by atoms with E-state index in [1.54, 1.807) is 6.07 Å². The Morgan fingerprint density at radius 3 is 1.93 bits per heavy atom. The topological polar surface area (TPSA) is 9.23 Å². The van der Waals surface area contributed by atoms with Crippen LogP contribution >= 0.6 is 0 Å². The Hall–Kier alpha value is -2.82. The normalized spacial score (nSPS) is 10.9. The molecule has 5 heteroatoms. The van der Waals surface area contributed by atoms with E-state index in [0.717, 1.165) is 30.5 Å². The van der Waals surface area contributed by atoms with Crippen LogP contribution in [0.25, 0.3) is 22.3 Å². The van der Waals surface area contributed by atoms with Crippen molar-refractivity contribution in [2.45, 2.75) is 19.8 Å². The molecule has 0 aliphatic rings. The molecule has 0 atom stereocenters. The summed E-state index contributed by atoms with van der Waals surface area (Å²) < 4.78 is 59.7. The SMILES string of the molecule is CCCc1ccc(-c2ccc(-c3cc(F)c(OCCF)c(F)c3)c(F)c2)cc1. The quantitative estimate of drug-likeness (QED) is 0.407. The van der Waals surface area contributed by atoms with Crippen LogP contribution in [-0.4, -0.2) is 13.3 Å². The molecular weight excluding hydrogens is 368 g/mol. The number of hydrogen-bond donors (Lipinski definition) is 0. The van der Waals surface area contributed by atoms with Gasteiger partial charge in [0.2, 0.25) is 0 Å². The van der Waals surface area contributed by atoms with Crippen molar-refractivity contribution < 1.29 is 22.3 Å². The number of hydrogen-bond acceptors (Lipinski definition) is 1. The lowest BCUT2D eigenvalue weighted by Gasteiger charge is -2.11. The summed E-state index contributed by atoms with van der Waals surface area (Å²) in [6, 6.07) is 14.4. The number of alkyl halides is 1. The first-order valence-corrected chi connectivity index (χ1v) is 9.10. The molecule has 1 nitrogen and oxygen atoms in total. The molecular formula is C23H20F4O. The summed E-state index contributed by atoms with van der Waals surface area (Å²) in [6.45, 7) is 0.789. The Morgan fingerprint density at radius 1 is 0.750 bits per heavy atom. The van der Waals surface area contributed by atoms with Crippen molar-refractivity contribution in [1.82, 2.24) is 0 Å². The summed E-state index contributed by atoms with van der Waals surface area (Å²) >= 11 is 0. The van der Waals surface area contributed by atoms with E-state index in [1.165, 1.54) is 17.7 Å². The first-order valence-electron chi connectivity index (χ1n) is 9.10. The van der Waals surface area contributed by atoms with Crippen molar-refractivity contribution in [3.8, 4) is 28.0 Å². The molecule has 0 heterocycles. The first kappa shape index (κ1) is 19.9. The summed E-state index contributed by atoms with van der Waals surface area (Å²) in [6.07, 6.45) is 2.03. The number of halogens is 4. The minimum atomic E-state index is -1.00. The molecule has 3 rings (SSSR count). The Labute approximate surface area is 161 Å². The third kappa shape index (κ3) is 4.35. The van der Waals surface area contributed by atoms with Gasteiger partial charge in [-0.05, 0) is 46.9 Å². The van der Waals surface area contributed by atoms with Gasteiger partial charge in [0.25, 0.3) is 0 Å². The lowest BCUT2D eigenvalue weighted by atomic mass is 9.98. The largest absolute Gasteiger partial charge is 0.485 e. The fraction of sp³-hybridized carbons (Fsp3) is 0.217. The molecule has 0 amide bonds. The van der Waals surface area contributed by atoms with Gasteiger partial charge in [0.15, 0.2) is 17.4 Å². The summed E-state index contributed by atoms with van der Waals surface area (Å²) in [4.78, 5) is 0. The van der Waals surface area contributed by atoms with Crippen LogP contribution in [-0.2, 0) is 6.42 Å². The zero-order valence-corrected chi connectivity index (χ0v) is 15.4. The average molecular weight is 388 g/mol. The molecule has 0 radical (unpaired) electrons. The highest BCUT2D eigenvalue weighted by molar-refractivity contribution is 5.71. The molecule has 0 aliphatic heterocycles. The van der Waals surface area contributed by atoms with Gasteiger partial charge in [0.1, 0.15) is 19.1 Å². The van der Waals surface area contributed by atoms with Crippen LogP contribution in [0.3, 0.4) is 0 Å². The highest BCUT2D eigenvalue weighted by Gasteiger charge is 2.16. The van der Waals surface area contributed by atoms with Crippen LogP contribution in [0.4, 0.5) is 17.6 Å². The van der Waals surface area contributed by atoms with E-state index in [0.29, 0.717) is 5.56 Å². The number of ether oxygens (including phenoxy) is 1. The molecule has 146 valence electrons. The van der Waals surface area contributed by atoms with E-state index < -0.39 is 36.5 Å². The third-order valence-electron chi connectivity index (χ3n) is 4.43. The molecule has 0 saturated heterocycles. The smallest absolute Gasteiger partial charge is 0.190 e. The van der Waals surface area contributed by atoms with Crippen LogP contribution in [0.15, 0.2) is 54.6 Å². The Balaban J connectivity index is 1.90. The predicted molar refractivity (Wildman–Crippen MR) is 103 cm³/mol. The standard InChI is InChI=1S/C23H20F4O/c1-2-3-15-4-6-16(7-5-15)17-8-9-19(20(25)12-17)18-13-21(26)23(22(27)14-18)28-11-10-24/h4-9,12-14H,2-3,10-11H2,1H3. The molecule has 0 N–H and O–H groups in total. The van der Waals surface area contributed by atoms with Gasteiger partial charge in [0.05, 0.1) is 0 Å². The summed E-state index contributed by atoms with van der Waals surface area (Å²) in [5, 5.41) is 0. The van der Waals surface area contributed by atoms with Crippen molar-refractivity contribution in [1.29, 1.82) is 0 Å². The maximum atomic E-state index is 14.7. The molecule has 0 aliphatic carbocycles. The van der Waals surface area contributed by atoms with Gasteiger partial charge in [-0.15, -0.1) is 0 Å². The Morgan fingerprint density at radius 2 is 1.36 bits per heavy atom. The van der Waals surface area contributed by atoms with E-state index in [9.17, 15) is 17.6 Å². The second-order valence-electron chi connectivity index (χ2n) is 6.45. The van der Waals surface area contributed by atoms with Crippen LogP contribution in [0.5, 0.6) is 5.75 Å². The highest BCUT2D eigenvalue weighted by atomic mass is 19.1. The fourth-order valence-electron chi connectivity index (χ4n) is 3.08. The molecule has 0 fully saturated rings. The minimum absolute atomic E-state index is 0.0462. The van der Waals surface area contributed by atoms with Crippen molar-refractivity contribution >= 4 is 0 Å². The molecule has 0 saturated carbocycles. The monoisotopic (exact) mass is 388 g/mol. The summed E-state index contributed by atoms with van der Waals surface area (Å²) in [7, 11) is 0. The fourth-order valence-corrected chi connectivity index (χ4v) is 3.08. The van der Waals surface area contributed by atoms with Crippen molar-refractivity contribution in [3.05, 3.63) is 77.6 Å². The summed E-state index contributed by atoms with van der Waals surface area (Å²) in [5.74, 6) is -3.26. The molecule has 0 aromatic heterocycles. The minimum Gasteiger partial charge on any atom is -0.485 e. The predicted octanol–water partition coefficient (Wildman–Crippen LogP) is 6.74. The molecule has 0 spiro atoms. The Kier molecular flexibility index (Phi) is 6.34. The molecule has 0 unspecified atom stereocenters. The van der Waals surface area contributed by atoms with Crippen LogP contribution in [0, 0.1) is 17.5 Å². The van der Waals surface area contributed by atoms with Crippen LogP contribution < -0.4 is 4.74 Å². The lowest BCUT2D eigenvalue weighted by molar-refractivity contribution is 0.251. The molecule has 28 heavy (non-hydrogen) atoms. The first-order chi connectivity index (χ1) is 13.5. The molecule has 3 aromatic rings. The molecule has 3 aromatic carbocycles. The van der Waals surface area contributed by atoms with E-state index in [-0.39, 0.29) is 11.1 Å². The van der Waals surface area contributed by atoms with E-state index in [1.807, 2.05) is 24.3 Å².